The number of benzene rings is 3. The Labute approximate surface area is 151 Å². The van der Waals surface area contributed by atoms with Crippen molar-refractivity contribution in [3.8, 4) is 0 Å². The van der Waals surface area contributed by atoms with Gasteiger partial charge in [-0.25, -0.2) is 8.42 Å². The molecule has 3 aromatic carbocycles. The van der Waals surface area contributed by atoms with Crippen molar-refractivity contribution in [3.05, 3.63) is 106 Å². The summed E-state index contributed by atoms with van der Waals surface area (Å²) in [4.78, 5) is 10.5. The van der Waals surface area contributed by atoms with E-state index in [0.29, 0.717) is 5.56 Å². The largest absolute Gasteiger partial charge is 0.269 e. The molecule has 132 valence electrons. The standard InChI is InChI=1S/C19H16N2O4S/c22-21(23)17-13-11-16(12-14-17)19(15-7-3-1-4-8-15)20-26(24,25)18-9-5-2-6-10-18/h1-14,19-20H. The Morgan fingerprint density at radius 3 is 1.81 bits per heavy atom. The van der Waals surface area contributed by atoms with Crippen LogP contribution in [0.15, 0.2) is 89.8 Å². The van der Waals surface area contributed by atoms with Crippen molar-refractivity contribution in [2.24, 2.45) is 0 Å². The van der Waals surface area contributed by atoms with Gasteiger partial charge in [0.25, 0.3) is 5.69 Å². The molecule has 0 spiro atoms. The summed E-state index contributed by atoms with van der Waals surface area (Å²) in [5.74, 6) is 0. The van der Waals surface area contributed by atoms with E-state index in [9.17, 15) is 18.5 Å². The van der Waals surface area contributed by atoms with Crippen LogP contribution in [0.1, 0.15) is 17.2 Å². The van der Waals surface area contributed by atoms with Crippen molar-refractivity contribution < 1.29 is 13.3 Å². The van der Waals surface area contributed by atoms with Gasteiger partial charge in [0.05, 0.1) is 15.9 Å². The number of nitrogens with one attached hydrogen (secondary N) is 1. The minimum atomic E-state index is -3.77. The van der Waals surface area contributed by atoms with E-state index in [2.05, 4.69) is 4.72 Å². The lowest BCUT2D eigenvalue weighted by atomic mass is 9.99. The molecule has 0 bridgehead atoms. The predicted octanol–water partition coefficient (Wildman–Crippen LogP) is 3.66. The maximum absolute atomic E-state index is 12.7. The van der Waals surface area contributed by atoms with Crippen LogP contribution >= 0.6 is 0 Å². The maximum atomic E-state index is 12.7. The van der Waals surface area contributed by atoms with E-state index in [-0.39, 0.29) is 10.6 Å². The second-order valence-electron chi connectivity index (χ2n) is 5.63. The Morgan fingerprint density at radius 2 is 1.27 bits per heavy atom. The van der Waals surface area contributed by atoms with Gasteiger partial charge in [0.2, 0.25) is 10.0 Å². The van der Waals surface area contributed by atoms with E-state index in [1.54, 1.807) is 42.5 Å². The summed E-state index contributed by atoms with van der Waals surface area (Å²) in [5, 5.41) is 10.9. The molecule has 1 unspecified atom stereocenters. The first-order chi connectivity index (χ1) is 12.5. The van der Waals surface area contributed by atoms with Crippen LogP contribution in [0.3, 0.4) is 0 Å². The molecular weight excluding hydrogens is 352 g/mol. The fraction of sp³-hybridized carbons (Fsp3) is 0.0526. The number of sulfonamides is 1. The van der Waals surface area contributed by atoms with Gasteiger partial charge in [0.1, 0.15) is 0 Å². The van der Waals surface area contributed by atoms with Gasteiger partial charge >= 0.3 is 0 Å². The predicted molar refractivity (Wildman–Crippen MR) is 98.1 cm³/mol. The minimum Gasteiger partial charge on any atom is -0.258 e. The van der Waals surface area contributed by atoms with Gasteiger partial charge in [-0.2, -0.15) is 4.72 Å². The first kappa shape index (κ1) is 17.8. The quantitative estimate of drug-likeness (QED) is 0.531. The number of nitro groups is 1. The molecule has 3 aromatic rings. The Hall–Kier alpha value is -3.03. The highest BCUT2D eigenvalue weighted by Crippen LogP contribution is 2.26. The van der Waals surface area contributed by atoms with Crippen LogP contribution < -0.4 is 4.72 Å². The third-order valence-corrected chi connectivity index (χ3v) is 5.34. The Balaban J connectivity index is 2.01. The van der Waals surface area contributed by atoms with E-state index >= 15 is 0 Å². The van der Waals surface area contributed by atoms with Gasteiger partial charge in [0.15, 0.2) is 0 Å². The molecule has 0 aliphatic rings. The molecule has 0 heterocycles. The zero-order valence-electron chi connectivity index (χ0n) is 13.6. The molecule has 1 N–H and O–H groups in total. The molecule has 0 saturated carbocycles. The topological polar surface area (TPSA) is 89.3 Å². The second-order valence-corrected chi connectivity index (χ2v) is 7.34. The number of rotatable bonds is 6. The van der Waals surface area contributed by atoms with Gasteiger partial charge in [0, 0.05) is 12.1 Å². The van der Waals surface area contributed by atoms with Crippen LogP contribution in [-0.4, -0.2) is 13.3 Å². The smallest absolute Gasteiger partial charge is 0.258 e. The normalized spacial score (nSPS) is 12.5. The zero-order chi connectivity index (χ0) is 18.6. The number of hydrogen-bond acceptors (Lipinski definition) is 4. The van der Waals surface area contributed by atoms with E-state index in [0.717, 1.165) is 5.56 Å². The number of nitrogens with zero attached hydrogens (tertiary/aromatic N) is 1. The van der Waals surface area contributed by atoms with Gasteiger partial charge in [-0.15, -0.1) is 0 Å². The van der Waals surface area contributed by atoms with Crippen LogP contribution in [0.4, 0.5) is 5.69 Å². The molecule has 0 amide bonds. The summed E-state index contributed by atoms with van der Waals surface area (Å²) in [6, 6.07) is 22.3. The number of non-ortho nitro benzene ring substituents is 1. The molecule has 0 aromatic heterocycles. The molecule has 0 radical (unpaired) electrons. The highest BCUT2D eigenvalue weighted by molar-refractivity contribution is 7.89. The molecule has 0 fully saturated rings. The van der Waals surface area contributed by atoms with Crippen LogP contribution in [0, 0.1) is 10.1 Å². The summed E-state index contributed by atoms with van der Waals surface area (Å²) in [6.07, 6.45) is 0. The zero-order valence-corrected chi connectivity index (χ0v) is 14.5. The van der Waals surface area contributed by atoms with Crippen molar-refractivity contribution >= 4 is 15.7 Å². The average molecular weight is 368 g/mol. The summed E-state index contributed by atoms with van der Waals surface area (Å²) in [5.41, 5.74) is 1.30. The molecule has 26 heavy (non-hydrogen) atoms. The fourth-order valence-corrected chi connectivity index (χ4v) is 3.82. The molecule has 0 aliphatic heterocycles. The van der Waals surface area contributed by atoms with E-state index < -0.39 is 21.0 Å². The summed E-state index contributed by atoms with van der Waals surface area (Å²) in [6.45, 7) is 0. The number of hydrogen-bond donors (Lipinski definition) is 1. The van der Waals surface area contributed by atoms with Crippen LogP contribution in [0.5, 0.6) is 0 Å². The van der Waals surface area contributed by atoms with Gasteiger partial charge in [-0.3, -0.25) is 10.1 Å². The molecule has 1 atom stereocenters. The van der Waals surface area contributed by atoms with Crippen molar-refractivity contribution in [2.75, 3.05) is 0 Å². The van der Waals surface area contributed by atoms with Crippen LogP contribution in [0.25, 0.3) is 0 Å². The van der Waals surface area contributed by atoms with Gasteiger partial charge < -0.3 is 0 Å². The van der Waals surface area contributed by atoms with E-state index in [4.69, 9.17) is 0 Å². The summed E-state index contributed by atoms with van der Waals surface area (Å²) in [7, 11) is -3.77. The fourth-order valence-electron chi connectivity index (χ4n) is 2.59. The van der Waals surface area contributed by atoms with Gasteiger partial charge in [-0.1, -0.05) is 60.7 Å². The van der Waals surface area contributed by atoms with Crippen LogP contribution in [-0.2, 0) is 10.0 Å². The average Bonchev–Trinajstić information content (AvgIpc) is 2.68. The SMILES string of the molecule is O=[N+]([O-])c1ccc(C(NS(=O)(=O)c2ccccc2)c2ccccc2)cc1. The second kappa shape index (κ2) is 7.47. The molecule has 0 saturated heterocycles. The highest BCUT2D eigenvalue weighted by Gasteiger charge is 2.23. The third kappa shape index (κ3) is 3.96. The Morgan fingerprint density at radius 1 is 0.769 bits per heavy atom. The molecule has 6 nitrogen and oxygen atoms in total. The minimum absolute atomic E-state index is 0.0496. The molecule has 3 rings (SSSR count). The first-order valence-electron chi connectivity index (χ1n) is 7.84. The Bertz CT molecular complexity index is 989. The van der Waals surface area contributed by atoms with Crippen molar-refractivity contribution in [1.82, 2.24) is 4.72 Å². The van der Waals surface area contributed by atoms with Gasteiger partial charge in [-0.05, 0) is 23.3 Å². The van der Waals surface area contributed by atoms with Crippen LogP contribution in [0.2, 0.25) is 0 Å². The molecular formula is C19H16N2O4S. The van der Waals surface area contributed by atoms with Crippen molar-refractivity contribution in [1.29, 1.82) is 0 Å². The first-order valence-corrected chi connectivity index (χ1v) is 9.32. The van der Waals surface area contributed by atoms with Crippen molar-refractivity contribution in [2.45, 2.75) is 10.9 Å². The summed E-state index contributed by atoms with van der Waals surface area (Å²) >= 11 is 0. The highest BCUT2D eigenvalue weighted by atomic mass is 32.2. The lowest BCUT2D eigenvalue weighted by Gasteiger charge is -2.20. The lowest BCUT2D eigenvalue weighted by Crippen LogP contribution is -2.29. The molecule has 7 heteroatoms. The Kier molecular flexibility index (Phi) is 5.11. The molecule has 0 aliphatic carbocycles. The van der Waals surface area contributed by atoms with E-state index in [1.807, 2.05) is 18.2 Å². The van der Waals surface area contributed by atoms with Crippen molar-refractivity contribution in [3.63, 3.8) is 0 Å². The third-order valence-electron chi connectivity index (χ3n) is 3.90. The summed E-state index contributed by atoms with van der Waals surface area (Å²) < 4.78 is 28.2. The number of nitro benzene ring substituents is 1. The monoisotopic (exact) mass is 368 g/mol. The lowest BCUT2D eigenvalue weighted by molar-refractivity contribution is -0.384. The maximum Gasteiger partial charge on any atom is 0.269 e. The van der Waals surface area contributed by atoms with E-state index in [1.165, 1.54) is 24.3 Å².